The fourth-order valence-corrected chi connectivity index (χ4v) is 1.61. The number of ether oxygens (including phenoxy) is 2. The highest BCUT2D eigenvalue weighted by molar-refractivity contribution is 5.28. The van der Waals surface area contributed by atoms with E-state index in [2.05, 4.69) is 10.2 Å². The van der Waals surface area contributed by atoms with E-state index in [1.165, 1.54) is 12.1 Å². The fraction of sp³-hybridized carbons (Fsp3) is 0.500. The minimum Gasteiger partial charge on any atom is -0.406 e. The van der Waals surface area contributed by atoms with Gasteiger partial charge in [0, 0.05) is 7.11 Å². The number of hydrogen-bond donors (Lipinski definition) is 2. The first-order chi connectivity index (χ1) is 8.85. The number of hydrogen-bond acceptors (Lipinski definition) is 4. The van der Waals surface area contributed by atoms with Gasteiger partial charge in [0.25, 0.3) is 0 Å². The van der Waals surface area contributed by atoms with Gasteiger partial charge >= 0.3 is 6.36 Å². The Kier molecular flexibility index (Phi) is 5.59. The van der Waals surface area contributed by atoms with Crippen LogP contribution in [0.25, 0.3) is 0 Å². The molecular formula is C12H17F3N2O2. The van der Waals surface area contributed by atoms with Gasteiger partial charge in [-0.15, -0.1) is 13.2 Å². The van der Waals surface area contributed by atoms with E-state index >= 15 is 0 Å². The van der Waals surface area contributed by atoms with Crippen LogP contribution in [0.2, 0.25) is 0 Å². The predicted molar refractivity (Wildman–Crippen MR) is 64.4 cm³/mol. The smallest absolute Gasteiger partial charge is 0.406 e. The van der Waals surface area contributed by atoms with Gasteiger partial charge in [0.05, 0.1) is 12.1 Å². The topological polar surface area (TPSA) is 56.5 Å². The summed E-state index contributed by atoms with van der Waals surface area (Å²) in [5.74, 6) is 5.16. The van der Waals surface area contributed by atoms with E-state index in [9.17, 15) is 13.2 Å². The molecule has 0 aliphatic heterocycles. The van der Waals surface area contributed by atoms with Crippen molar-refractivity contribution in [2.75, 3.05) is 7.11 Å². The van der Waals surface area contributed by atoms with Crippen molar-refractivity contribution >= 4 is 0 Å². The lowest BCUT2D eigenvalue weighted by Crippen LogP contribution is -2.45. The maximum absolute atomic E-state index is 12.0. The zero-order valence-electron chi connectivity index (χ0n) is 10.7. The minimum absolute atomic E-state index is 0.115. The van der Waals surface area contributed by atoms with Crippen LogP contribution in [0.15, 0.2) is 24.3 Å². The Balaban J connectivity index is 2.66. The third-order valence-electron chi connectivity index (χ3n) is 2.77. The van der Waals surface area contributed by atoms with Crippen LogP contribution in [0.5, 0.6) is 5.75 Å². The number of methoxy groups -OCH3 is 1. The van der Waals surface area contributed by atoms with E-state index in [0.717, 1.165) is 5.56 Å². The molecule has 0 aliphatic rings. The van der Waals surface area contributed by atoms with Crippen LogP contribution in [-0.4, -0.2) is 25.6 Å². The number of rotatable bonds is 6. The van der Waals surface area contributed by atoms with E-state index in [1.807, 2.05) is 6.92 Å². The van der Waals surface area contributed by atoms with Gasteiger partial charge in [-0.1, -0.05) is 12.1 Å². The van der Waals surface area contributed by atoms with Gasteiger partial charge in [-0.25, -0.2) is 0 Å². The maximum atomic E-state index is 12.0. The van der Waals surface area contributed by atoms with Crippen LogP contribution < -0.4 is 16.0 Å². The molecule has 0 radical (unpaired) electrons. The lowest BCUT2D eigenvalue weighted by atomic mass is 10.0. The first kappa shape index (κ1) is 15.7. The van der Waals surface area contributed by atoms with Crippen molar-refractivity contribution in [3.63, 3.8) is 0 Å². The summed E-state index contributed by atoms with van der Waals surface area (Å²) in [6.45, 7) is 1.85. The molecule has 0 fully saturated rings. The average molecular weight is 278 g/mol. The maximum Gasteiger partial charge on any atom is 0.573 e. The zero-order chi connectivity index (χ0) is 14.5. The van der Waals surface area contributed by atoms with Gasteiger partial charge in [0.1, 0.15) is 5.75 Å². The van der Waals surface area contributed by atoms with Gasteiger partial charge in [-0.05, 0) is 31.0 Å². The summed E-state index contributed by atoms with van der Waals surface area (Å²) in [6.07, 6.45) is -4.25. The third-order valence-corrected chi connectivity index (χ3v) is 2.77. The molecule has 2 atom stereocenters. The highest BCUT2D eigenvalue weighted by Gasteiger charge is 2.31. The summed E-state index contributed by atoms with van der Waals surface area (Å²) in [5.41, 5.74) is 3.45. The number of nitrogens with one attached hydrogen (secondary N) is 1. The first-order valence-corrected chi connectivity index (χ1v) is 5.69. The molecule has 19 heavy (non-hydrogen) atoms. The zero-order valence-corrected chi connectivity index (χ0v) is 10.7. The molecule has 0 aromatic heterocycles. The summed E-state index contributed by atoms with van der Waals surface area (Å²) in [6, 6.07) is 5.54. The number of alkyl halides is 3. The predicted octanol–water partition coefficient (Wildman–Crippen LogP) is 1.99. The molecule has 1 aromatic carbocycles. The van der Waals surface area contributed by atoms with Crippen LogP contribution in [0.4, 0.5) is 13.2 Å². The minimum atomic E-state index is -4.67. The monoisotopic (exact) mass is 278 g/mol. The second kappa shape index (κ2) is 6.74. The van der Waals surface area contributed by atoms with Gasteiger partial charge in [0.2, 0.25) is 0 Å². The highest BCUT2D eigenvalue weighted by Crippen LogP contribution is 2.23. The standard InChI is InChI=1S/C12H17F3N2O2/c1-8(18-2)11(17-16)7-9-3-5-10(6-4-9)19-12(13,14)15/h3-6,8,11,17H,7,16H2,1-2H3. The molecule has 0 amide bonds. The van der Waals surface area contributed by atoms with Crippen molar-refractivity contribution in [2.45, 2.75) is 31.9 Å². The number of benzene rings is 1. The molecule has 3 N–H and O–H groups in total. The van der Waals surface area contributed by atoms with Gasteiger partial charge in [-0.2, -0.15) is 0 Å². The average Bonchev–Trinajstić information content (AvgIpc) is 2.35. The Morgan fingerprint density at radius 1 is 1.26 bits per heavy atom. The summed E-state index contributed by atoms with van der Waals surface area (Å²) in [5, 5.41) is 0. The lowest BCUT2D eigenvalue weighted by Gasteiger charge is -2.22. The molecule has 1 aromatic rings. The van der Waals surface area contributed by atoms with Crippen molar-refractivity contribution < 1.29 is 22.6 Å². The Bertz CT molecular complexity index is 382. The molecule has 0 bridgehead atoms. The second-order valence-electron chi connectivity index (χ2n) is 4.11. The van der Waals surface area contributed by atoms with Crippen molar-refractivity contribution in [3.8, 4) is 5.75 Å². The SMILES string of the molecule is COC(C)C(Cc1ccc(OC(F)(F)F)cc1)NN. The first-order valence-electron chi connectivity index (χ1n) is 5.69. The second-order valence-corrected chi connectivity index (χ2v) is 4.11. The highest BCUT2D eigenvalue weighted by atomic mass is 19.4. The van der Waals surface area contributed by atoms with E-state index in [0.29, 0.717) is 6.42 Å². The van der Waals surface area contributed by atoms with Crippen molar-refractivity contribution in [1.29, 1.82) is 0 Å². The fourth-order valence-electron chi connectivity index (χ4n) is 1.61. The molecule has 0 spiro atoms. The van der Waals surface area contributed by atoms with E-state index in [4.69, 9.17) is 10.6 Å². The van der Waals surface area contributed by atoms with Crippen LogP contribution in [-0.2, 0) is 11.2 Å². The lowest BCUT2D eigenvalue weighted by molar-refractivity contribution is -0.274. The van der Waals surface area contributed by atoms with Gasteiger partial charge in [-0.3, -0.25) is 11.3 Å². The number of nitrogens with two attached hydrogens (primary N) is 1. The number of hydrazine groups is 1. The van der Waals surface area contributed by atoms with Crippen LogP contribution in [0, 0.1) is 0 Å². The number of halogens is 3. The van der Waals surface area contributed by atoms with E-state index in [-0.39, 0.29) is 17.9 Å². The quantitative estimate of drug-likeness (QED) is 0.617. The molecule has 0 saturated heterocycles. The largest absolute Gasteiger partial charge is 0.573 e. The summed E-state index contributed by atoms with van der Waals surface area (Å²) < 4.78 is 44.9. The molecule has 0 heterocycles. The Hall–Kier alpha value is -1.31. The summed E-state index contributed by atoms with van der Waals surface area (Å²) >= 11 is 0. The van der Waals surface area contributed by atoms with Crippen molar-refractivity contribution in [3.05, 3.63) is 29.8 Å². The molecular weight excluding hydrogens is 261 g/mol. The Labute approximate surface area is 109 Å². The Morgan fingerprint density at radius 2 is 1.84 bits per heavy atom. The third kappa shape index (κ3) is 5.46. The molecule has 1 rings (SSSR count). The van der Waals surface area contributed by atoms with Crippen LogP contribution >= 0.6 is 0 Å². The molecule has 2 unspecified atom stereocenters. The van der Waals surface area contributed by atoms with Gasteiger partial charge in [0.15, 0.2) is 0 Å². The van der Waals surface area contributed by atoms with E-state index < -0.39 is 6.36 Å². The summed E-state index contributed by atoms with van der Waals surface area (Å²) in [7, 11) is 1.56. The molecule has 0 aliphatic carbocycles. The molecule has 0 saturated carbocycles. The summed E-state index contributed by atoms with van der Waals surface area (Å²) in [4.78, 5) is 0. The molecule has 4 nitrogen and oxygen atoms in total. The normalized spacial score (nSPS) is 15.1. The van der Waals surface area contributed by atoms with Crippen molar-refractivity contribution in [1.82, 2.24) is 5.43 Å². The van der Waals surface area contributed by atoms with Gasteiger partial charge < -0.3 is 9.47 Å². The molecule has 108 valence electrons. The van der Waals surface area contributed by atoms with Crippen LogP contribution in [0.3, 0.4) is 0 Å². The molecule has 7 heteroatoms. The Morgan fingerprint density at radius 3 is 2.26 bits per heavy atom. The van der Waals surface area contributed by atoms with Crippen LogP contribution in [0.1, 0.15) is 12.5 Å². The van der Waals surface area contributed by atoms with Crippen molar-refractivity contribution in [2.24, 2.45) is 5.84 Å². The van der Waals surface area contributed by atoms with E-state index in [1.54, 1.807) is 19.2 Å².